The van der Waals surface area contributed by atoms with Gasteiger partial charge in [-0.15, -0.1) is 0 Å². The Hall–Kier alpha value is -2.86. The highest BCUT2D eigenvalue weighted by Crippen LogP contribution is 2.17. The van der Waals surface area contributed by atoms with Gasteiger partial charge in [-0.25, -0.2) is 0 Å². The monoisotopic (exact) mass is 410 g/mol. The molecule has 6 heteroatoms. The standard InChI is InChI=1S/C24H30N2O4/c1-17(2)12-14-30-21-10-8-18(9-11-21)24(28)26-20-6-3-5-19(15-20)23(27)25-16-22-7-4-13-29-22/h3,5-6,8-11,15,17,22H,4,7,12-14,16H2,1-2H3,(H,25,27)(H,26,28). The summed E-state index contributed by atoms with van der Waals surface area (Å²) in [4.78, 5) is 24.9. The third-order valence-corrected chi connectivity index (χ3v) is 4.98. The molecule has 2 amide bonds. The zero-order chi connectivity index (χ0) is 21.3. The Morgan fingerprint density at radius 1 is 1.10 bits per heavy atom. The molecule has 1 unspecified atom stereocenters. The first-order valence-electron chi connectivity index (χ1n) is 10.6. The van der Waals surface area contributed by atoms with Crippen LogP contribution in [0.3, 0.4) is 0 Å². The van der Waals surface area contributed by atoms with E-state index >= 15 is 0 Å². The molecule has 160 valence electrons. The van der Waals surface area contributed by atoms with Gasteiger partial charge in [-0.1, -0.05) is 19.9 Å². The number of carbonyl (C=O) groups excluding carboxylic acids is 2. The average molecular weight is 411 g/mol. The molecule has 1 saturated heterocycles. The predicted octanol–water partition coefficient (Wildman–Crippen LogP) is 4.27. The van der Waals surface area contributed by atoms with Gasteiger partial charge in [-0.2, -0.15) is 0 Å². The molecule has 2 aromatic rings. The molecular formula is C24H30N2O4. The highest BCUT2D eigenvalue weighted by molar-refractivity contribution is 6.05. The lowest BCUT2D eigenvalue weighted by Gasteiger charge is -2.12. The maximum absolute atomic E-state index is 12.5. The van der Waals surface area contributed by atoms with Gasteiger partial charge in [0, 0.05) is 30.0 Å². The van der Waals surface area contributed by atoms with Gasteiger partial charge in [-0.05, 0) is 67.6 Å². The van der Waals surface area contributed by atoms with Crippen molar-refractivity contribution in [2.24, 2.45) is 5.92 Å². The molecule has 6 nitrogen and oxygen atoms in total. The Morgan fingerprint density at radius 3 is 2.60 bits per heavy atom. The number of ether oxygens (including phenoxy) is 2. The van der Waals surface area contributed by atoms with Crippen LogP contribution >= 0.6 is 0 Å². The normalized spacial score (nSPS) is 15.8. The van der Waals surface area contributed by atoms with Gasteiger partial charge >= 0.3 is 0 Å². The Labute approximate surface area is 178 Å². The largest absolute Gasteiger partial charge is 0.494 e. The molecule has 3 rings (SSSR count). The molecular weight excluding hydrogens is 380 g/mol. The van der Waals surface area contributed by atoms with E-state index < -0.39 is 0 Å². The minimum absolute atomic E-state index is 0.0918. The zero-order valence-electron chi connectivity index (χ0n) is 17.6. The van der Waals surface area contributed by atoms with Crippen molar-refractivity contribution in [3.8, 4) is 5.75 Å². The number of amides is 2. The Kier molecular flexibility index (Phi) is 7.85. The number of anilines is 1. The van der Waals surface area contributed by atoms with E-state index in [-0.39, 0.29) is 17.9 Å². The van der Waals surface area contributed by atoms with E-state index in [0.717, 1.165) is 31.6 Å². The third kappa shape index (κ3) is 6.59. The summed E-state index contributed by atoms with van der Waals surface area (Å²) in [6.07, 6.45) is 3.08. The lowest BCUT2D eigenvalue weighted by Crippen LogP contribution is -2.31. The van der Waals surface area contributed by atoms with Crippen molar-refractivity contribution in [1.29, 1.82) is 0 Å². The van der Waals surface area contributed by atoms with Crippen LogP contribution in [0.5, 0.6) is 5.75 Å². The SMILES string of the molecule is CC(C)CCOc1ccc(C(=O)Nc2cccc(C(=O)NCC3CCCO3)c2)cc1. The molecule has 0 saturated carbocycles. The van der Waals surface area contributed by atoms with Crippen molar-refractivity contribution >= 4 is 17.5 Å². The second-order valence-corrected chi connectivity index (χ2v) is 7.94. The molecule has 0 aliphatic carbocycles. The number of rotatable bonds is 9. The van der Waals surface area contributed by atoms with Gasteiger partial charge in [-0.3, -0.25) is 9.59 Å². The first-order valence-corrected chi connectivity index (χ1v) is 10.6. The highest BCUT2D eigenvalue weighted by Gasteiger charge is 2.17. The topological polar surface area (TPSA) is 76.7 Å². The molecule has 2 aromatic carbocycles. The first kappa shape index (κ1) is 21.8. The van der Waals surface area contributed by atoms with Gasteiger partial charge in [0.2, 0.25) is 0 Å². The van der Waals surface area contributed by atoms with Crippen molar-refractivity contribution in [1.82, 2.24) is 5.32 Å². The lowest BCUT2D eigenvalue weighted by atomic mass is 10.1. The third-order valence-electron chi connectivity index (χ3n) is 4.98. The van der Waals surface area contributed by atoms with Gasteiger partial charge in [0.15, 0.2) is 0 Å². The summed E-state index contributed by atoms with van der Waals surface area (Å²) < 4.78 is 11.2. The molecule has 0 bridgehead atoms. The molecule has 0 radical (unpaired) electrons. The lowest BCUT2D eigenvalue weighted by molar-refractivity contribution is 0.0857. The summed E-state index contributed by atoms with van der Waals surface area (Å²) in [6.45, 7) is 6.22. The molecule has 1 aliphatic heterocycles. The predicted molar refractivity (Wildman–Crippen MR) is 117 cm³/mol. The summed E-state index contributed by atoms with van der Waals surface area (Å²) in [5.74, 6) is 0.922. The minimum Gasteiger partial charge on any atom is -0.494 e. The van der Waals surface area contributed by atoms with Gasteiger partial charge in [0.25, 0.3) is 11.8 Å². The van der Waals surface area contributed by atoms with Crippen LogP contribution in [0.15, 0.2) is 48.5 Å². The number of benzene rings is 2. The van der Waals surface area contributed by atoms with E-state index in [0.29, 0.717) is 35.9 Å². The van der Waals surface area contributed by atoms with Gasteiger partial charge < -0.3 is 20.1 Å². The first-order chi connectivity index (χ1) is 14.5. The maximum Gasteiger partial charge on any atom is 0.255 e. The van der Waals surface area contributed by atoms with E-state index in [2.05, 4.69) is 24.5 Å². The fourth-order valence-corrected chi connectivity index (χ4v) is 3.17. The number of hydrogen-bond donors (Lipinski definition) is 2. The number of nitrogens with one attached hydrogen (secondary N) is 2. The molecule has 30 heavy (non-hydrogen) atoms. The van der Waals surface area contributed by atoms with Gasteiger partial charge in [0.1, 0.15) is 5.75 Å². The van der Waals surface area contributed by atoms with E-state index in [9.17, 15) is 9.59 Å². The molecule has 1 heterocycles. The van der Waals surface area contributed by atoms with Crippen LogP contribution in [-0.2, 0) is 4.74 Å². The average Bonchev–Trinajstić information content (AvgIpc) is 3.26. The highest BCUT2D eigenvalue weighted by atomic mass is 16.5. The molecule has 0 spiro atoms. The Bertz CT molecular complexity index is 843. The van der Waals surface area contributed by atoms with Crippen LogP contribution < -0.4 is 15.4 Å². The fourth-order valence-electron chi connectivity index (χ4n) is 3.17. The Morgan fingerprint density at radius 2 is 1.90 bits per heavy atom. The second kappa shape index (κ2) is 10.8. The fraction of sp³-hybridized carbons (Fsp3) is 0.417. The van der Waals surface area contributed by atoms with E-state index in [1.165, 1.54) is 0 Å². The van der Waals surface area contributed by atoms with Crippen LogP contribution in [0, 0.1) is 5.92 Å². The van der Waals surface area contributed by atoms with E-state index in [1.807, 2.05) is 0 Å². The smallest absolute Gasteiger partial charge is 0.255 e. The van der Waals surface area contributed by atoms with Crippen LogP contribution in [0.1, 0.15) is 53.8 Å². The van der Waals surface area contributed by atoms with Crippen molar-refractivity contribution in [2.45, 2.75) is 39.2 Å². The summed E-state index contributed by atoms with van der Waals surface area (Å²) in [7, 11) is 0. The summed E-state index contributed by atoms with van der Waals surface area (Å²) in [6, 6.07) is 14.0. The Balaban J connectivity index is 1.53. The van der Waals surface area contributed by atoms with Gasteiger partial charge in [0.05, 0.1) is 12.7 Å². The van der Waals surface area contributed by atoms with Crippen LogP contribution in [0.4, 0.5) is 5.69 Å². The van der Waals surface area contributed by atoms with Crippen molar-refractivity contribution in [3.63, 3.8) is 0 Å². The van der Waals surface area contributed by atoms with Crippen LogP contribution in [0.2, 0.25) is 0 Å². The molecule has 0 aromatic heterocycles. The van der Waals surface area contributed by atoms with Crippen LogP contribution in [0.25, 0.3) is 0 Å². The summed E-state index contributed by atoms with van der Waals surface area (Å²) in [5.41, 5.74) is 1.60. The second-order valence-electron chi connectivity index (χ2n) is 7.94. The van der Waals surface area contributed by atoms with E-state index in [1.54, 1.807) is 48.5 Å². The molecule has 1 fully saturated rings. The quantitative estimate of drug-likeness (QED) is 0.647. The van der Waals surface area contributed by atoms with E-state index in [4.69, 9.17) is 9.47 Å². The summed E-state index contributed by atoms with van der Waals surface area (Å²) >= 11 is 0. The number of carbonyl (C=O) groups is 2. The maximum atomic E-state index is 12.5. The van der Waals surface area contributed by atoms with Crippen molar-refractivity contribution in [2.75, 3.05) is 25.1 Å². The van der Waals surface area contributed by atoms with Crippen molar-refractivity contribution < 1.29 is 19.1 Å². The zero-order valence-corrected chi connectivity index (χ0v) is 17.6. The van der Waals surface area contributed by atoms with Crippen LogP contribution in [-0.4, -0.2) is 37.7 Å². The molecule has 1 aliphatic rings. The number of hydrogen-bond acceptors (Lipinski definition) is 4. The van der Waals surface area contributed by atoms with Crippen molar-refractivity contribution in [3.05, 3.63) is 59.7 Å². The molecule has 2 N–H and O–H groups in total. The summed E-state index contributed by atoms with van der Waals surface area (Å²) in [5, 5.41) is 5.74. The minimum atomic E-state index is -0.236. The molecule has 1 atom stereocenters.